The average Bonchev–Trinajstić information content (AvgIpc) is 3.35. The summed E-state index contributed by atoms with van der Waals surface area (Å²) in [4.78, 5) is 11.8. The molecule has 0 fully saturated rings. The summed E-state index contributed by atoms with van der Waals surface area (Å²) in [6.07, 6.45) is 6.40. The summed E-state index contributed by atoms with van der Waals surface area (Å²) in [6.45, 7) is 0.765. The number of anilines is 2. The fraction of sp³-hybridized carbons (Fsp3) is 0.179. The number of hydrogen-bond acceptors (Lipinski definition) is 6. The van der Waals surface area contributed by atoms with Gasteiger partial charge < -0.3 is 14.4 Å². The summed E-state index contributed by atoms with van der Waals surface area (Å²) < 4.78 is 12.9. The Morgan fingerprint density at radius 3 is 2.29 bits per heavy atom. The molecule has 2 aromatic heterocycles. The predicted octanol–water partition coefficient (Wildman–Crippen LogP) is 5.43. The smallest absolute Gasteiger partial charge is 0.124 e. The van der Waals surface area contributed by atoms with Crippen molar-refractivity contribution in [2.45, 2.75) is 6.42 Å². The molecule has 7 heteroatoms. The van der Waals surface area contributed by atoms with Gasteiger partial charge in [-0.1, -0.05) is 30.3 Å². The topological polar surface area (TPSA) is 65.3 Å². The number of benzene rings is 3. The third kappa shape index (κ3) is 4.94. The zero-order valence-electron chi connectivity index (χ0n) is 20.0. The first-order valence-electron chi connectivity index (χ1n) is 11.4. The van der Waals surface area contributed by atoms with E-state index < -0.39 is 0 Å². The molecule has 3 aromatic carbocycles. The molecular formula is C28H27N5O2. The van der Waals surface area contributed by atoms with Crippen molar-refractivity contribution in [3.63, 3.8) is 0 Å². The van der Waals surface area contributed by atoms with Gasteiger partial charge in [-0.2, -0.15) is 5.10 Å². The van der Waals surface area contributed by atoms with Gasteiger partial charge in [-0.25, -0.2) is 4.98 Å². The van der Waals surface area contributed by atoms with Crippen molar-refractivity contribution in [3.05, 3.63) is 90.9 Å². The highest BCUT2D eigenvalue weighted by Crippen LogP contribution is 2.34. The fourth-order valence-electron chi connectivity index (χ4n) is 4.10. The van der Waals surface area contributed by atoms with E-state index in [4.69, 9.17) is 14.5 Å². The van der Waals surface area contributed by atoms with Crippen molar-refractivity contribution in [2.24, 2.45) is 7.05 Å². The molecule has 0 atom stereocenters. The highest BCUT2D eigenvalue weighted by Gasteiger charge is 2.15. The molecule has 7 nitrogen and oxygen atoms in total. The molecule has 176 valence electrons. The van der Waals surface area contributed by atoms with E-state index in [0.29, 0.717) is 0 Å². The van der Waals surface area contributed by atoms with Gasteiger partial charge in [0.05, 0.1) is 43.3 Å². The van der Waals surface area contributed by atoms with Gasteiger partial charge in [-0.3, -0.25) is 9.67 Å². The van der Waals surface area contributed by atoms with Crippen molar-refractivity contribution in [2.75, 3.05) is 25.7 Å². The Morgan fingerprint density at radius 2 is 1.60 bits per heavy atom. The number of rotatable bonds is 8. The second-order valence-corrected chi connectivity index (χ2v) is 8.29. The van der Waals surface area contributed by atoms with Crippen molar-refractivity contribution in [3.8, 4) is 22.8 Å². The monoisotopic (exact) mass is 465 g/mol. The summed E-state index contributed by atoms with van der Waals surface area (Å²) >= 11 is 0. The van der Waals surface area contributed by atoms with Crippen LogP contribution in [0.15, 0.2) is 85.3 Å². The van der Waals surface area contributed by atoms with E-state index in [2.05, 4.69) is 51.4 Å². The van der Waals surface area contributed by atoms with Gasteiger partial charge in [-0.05, 0) is 30.2 Å². The van der Waals surface area contributed by atoms with Gasteiger partial charge in [0.15, 0.2) is 0 Å². The standard InChI is InChI=1S/C28H27N5O2/c1-32-19-21(17-30-32)28-18-29-26-10-9-22(15-27(26)31-28)33(12-11-20-7-5-4-6-8-20)23-13-24(34-2)16-25(14-23)35-3/h4-10,13-19H,11-12H2,1-3H3. The largest absolute Gasteiger partial charge is 0.497 e. The Kier molecular flexibility index (Phi) is 6.30. The molecule has 35 heavy (non-hydrogen) atoms. The minimum Gasteiger partial charge on any atom is -0.497 e. The molecule has 0 bridgehead atoms. The number of aromatic nitrogens is 4. The van der Waals surface area contributed by atoms with E-state index in [9.17, 15) is 0 Å². The van der Waals surface area contributed by atoms with Crippen LogP contribution >= 0.6 is 0 Å². The van der Waals surface area contributed by atoms with E-state index in [-0.39, 0.29) is 0 Å². The Balaban J connectivity index is 1.57. The summed E-state index contributed by atoms with van der Waals surface area (Å²) in [5, 5.41) is 4.26. The lowest BCUT2D eigenvalue weighted by molar-refractivity contribution is 0.394. The average molecular weight is 466 g/mol. The molecule has 2 heterocycles. The third-order valence-corrected chi connectivity index (χ3v) is 5.95. The van der Waals surface area contributed by atoms with Crippen LogP contribution in [-0.4, -0.2) is 40.5 Å². The van der Waals surface area contributed by atoms with E-state index in [1.807, 2.05) is 43.6 Å². The molecule has 0 aliphatic heterocycles. The lowest BCUT2D eigenvalue weighted by Crippen LogP contribution is -2.20. The van der Waals surface area contributed by atoms with Crippen molar-refractivity contribution >= 4 is 22.4 Å². The SMILES string of the molecule is COc1cc(OC)cc(N(CCc2ccccc2)c2ccc3ncc(-c4cnn(C)c4)nc3c2)c1. The Morgan fingerprint density at radius 1 is 0.829 bits per heavy atom. The maximum absolute atomic E-state index is 5.55. The number of aryl methyl sites for hydroxylation is 1. The summed E-state index contributed by atoms with van der Waals surface area (Å²) in [6, 6.07) is 22.6. The van der Waals surface area contributed by atoms with Gasteiger partial charge in [0.2, 0.25) is 0 Å². The van der Waals surface area contributed by atoms with E-state index in [0.717, 1.165) is 58.1 Å². The van der Waals surface area contributed by atoms with Crippen LogP contribution in [0.3, 0.4) is 0 Å². The highest BCUT2D eigenvalue weighted by atomic mass is 16.5. The molecule has 0 amide bonds. The van der Waals surface area contributed by atoms with Crippen molar-refractivity contribution in [1.29, 1.82) is 0 Å². The normalized spacial score (nSPS) is 10.9. The number of methoxy groups -OCH3 is 2. The lowest BCUT2D eigenvalue weighted by atomic mass is 10.1. The van der Waals surface area contributed by atoms with Gasteiger partial charge in [-0.15, -0.1) is 0 Å². The molecule has 0 aliphatic rings. The summed E-state index contributed by atoms with van der Waals surface area (Å²) in [7, 11) is 5.22. The molecule has 0 saturated carbocycles. The van der Waals surface area contributed by atoms with Gasteiger partial charge >= 0.3 is 0 Å². The second kappa shape index (κ2) is 9.85. The van der Waals surface area contributed by atoms with Gasteiger partial charge in [0.1, 0.15) is 11.5 Å². The van der Waals surface area contributed by atoms with Crippen molar-refractivity contribution in [1.82, 2.24) is 19.7 Å². The maximum atomic E-state index is 5.55. The molecule has 0 N–H and O–H groups in total. The van der Waals surface area contributed by atoms with Gasteiger partial charge in [0, 0.05) is 54.9 Å². The second-order valence-electron chi connectivity index (χ2n) is 8.29. The Labute approximate surface area is 204 Å². The van der Waals surface area contributed by atoms with Crippen molar-refractivity contribution < 1.29 is 9.47 Å². The fourth-order valence-corrected chi connectivity index (χ4v) is 4.10. The number of fused-ring (bicyclic) bond motifs is 1. The molecule has 0 saturated heterocycles. The molecular weight excluding hydrogens is 438 g/mol. The zero-order valence-corrected chi connectivity index (χ0v) is 20.0. The molecule has 0 spiro atoms. The minimum atomic E-state index is 0.739. The zero-order chi connectivity index (χ0) is 24.2. The lowest BCUT2D eigenvalue weighted by Gasteiger charge is -2.26. The Bertz CT molecular complexity index is 1430. The van der Waals surface area contributed by atoms with Crippen LogP contribution in [0.1, 0.15) is 5.56 Å². The van der Waals surface area contributed by atoms with Crippen LogP contribution in [0, 0.1) is 0 Å². The summed E-state index contributed by atoms with van der Waals surface area (Å²) in [5.74, 6) is 1.48. The molecule has 5 aromatic rings. The predicted molar refractivity (Wildman–Crippen MR) is 138 cm³/mol. The van der Waals surface area contributed by atoms with Crippen LogP contribution in [-0.2, 0) is 13.5 Å². The molecule has 0 aliphatic carbocycles. The maximum Gasteiger partial charge on any atom is 0.124 e. The third-order valence-electron chi connectivity index (χ3n) is 5.95. The minimum absolute atomic E-state index is 0.739. The first-order valence-corrected chi connectivity index (χ1v) is 11.4. The van der Waals surface area contributed by atoms with Crippen LogP contribution in [0.2, 0.25) is 0 Å². The number of ether oxygens (including phenoxy) is 2. The number of nitrogens with zero attached hydrogens (tertiary/aromatic N) is 5. The van der Waals surface area contributed by atoms with Crippen LogP contribution in [0.25, 0.3) is 22.3 Å². The Hall–Kier alpha value is -4.39. The van der Waals surface area contributed by atoms with E-state index in [1.54, 1.807) is 31.3 Å². The van der Waals surface area contributed by atoms with Crippen LogP contribution < -0.4 is 14.4 Å². The van der Waals surface area contributed by atoms with E-state index in [1.165, 1.54) is 5.56 Å². The first kappa shape index (κ1) is 22.4. The molecule has 5 rings (SSSR count). The van der Waals surface area contributed by atoms with E-state index >= 15 is 0 Å². The molecule has 0 radical (unpaired) electrons. The van der Waals surface area contributed by atoms with Crippen LogP contribution in [0.4, 0.5) is 11.4 Å². The number of hydrogen-bond donors (Lipinski definition) is 0. The summed E-state index contributed by atoms with van der Waals surface area (Å²) in [5.41, 5.74) is 6.66. The highest BCUT2D eigenvalue weighted by molar-refractivity contribution is 5.82. The molecule has 0 unspecified atom stereocenters. The quantitative estimate of drug-likeness (QED) is 0.305. The van der Waals surface area contributed by atoms with Crippen LogP contribution in [0.5, 0.6) is 11.5 Å². The van der Waals surface area contributed by atoms with Gasteiger partial charge in [0.25, 0.3) is 0 Å². The first-order chi connectivity index (χ1) is 17.1.